The van der Waals surface area contributed by atoms with Crippen molar-refractivity contribution in [1.82, 2.24) is 9.97 Å². The van der Waals surface area contributed by atoms with Crippen molar-refractivity contribution < 1.29 is 0 Å². The van der Waals surface area contributed by atoms with Gasteiger partial charge in [0.1, 0.15) is 5.82 Å². The molecule has 1 aromatic heterocycles. The van der Waals surface area contributed by atoms with Gasteiger partial charge in [0.05, 0.1) is 4.47 Å². The third-order valence-corrected chi connectivity index (χ3v) is 3.74. The van der Waals surface area contributed by atoms with Crippen LogP contribution < -0.4 is 10.6 Å². The molecule has 0 amide bonds. The molecule has 0 saturated heterocycles. The number of anilines is 2. The van der Waals surface area contributed by atoms with E-state index in [0.717, 1.165) is 16.8 Å². The summed E-state index contributed by atoms with van der Waals surface area (Å²) in [6.07, 6.45) is 6.87. The number of nitrogens with one attached hydrogen (secondary N) is 2. The van der Waals surface area contributed by atoms with Crippen LogP contribution in [0.2, 0.25) is 0 Å². The third-order valence-electron chi connectivity index (χ3n) is 3.16. The molecule has 0 aromatic carbocycles. The lowest BCUT2D eigenvalue weighted by atomic mass is 9.87. The highest BCUT2D eigenvalue weighted by atomic mass is 79.9. The highest BCUT2D eigenvalue weighted by Crippen LogP contribution is 2.26. The van der Waals surface area contributed by atoms with Crippen LogP contribution in [0, 0.1) is 5.41 Å². The number of halogens is 1. The maximum atomic E-state index is 4.41. The van der Waals surface area contributed by atoms with Crippen molar-refractivity contribution >= 4 is 27.7 Å². The maximum absolute atomic E-state index is 4.41. The number of rotatable bonds is 8. The minimum absolute atomic E-state index is 0.277. The molecule has 0 atom stereocenters. The van der Waals surface area contributed by atoms with Gasteiger partial charge in [-0.05, 0) is 27.8 Å². The predicted molar refractivity (Wildman–Crippen MR) is 85.7 cm³/mol. The minimum Gasteiger partial charge on any atom is -0.368 e. The molecular formula is C14H25BrN4. The molecule has 0 bridgehead atoms. The van der Waals surface area contributed by atoms with Crippen LogP contribution in [0.1, 0.15) is 46.5 Å². The van der Waals surface area contributed by atoms with Gasteiger partial charge >= 0.3 is 0 Å². The Bertz CT molecular complexity index is 393. The zero-order valence-corrected chi connectivity index (χ0v) is 14.0. The minimum atomic E-state index is 0.277. The first-order chi connectivity index (χ1) is 8.98. The van der Waals surface area contributed by atoms with Crippen molar-refractivity contribution in [3.63, 3.8) is 0 Å². The summed E-state index contributed by atoms with van der Waals surface area (Å²) in [6, 6.07) is 0. The van der Waals surface area contributed by atoms with Crippen molar-refractivity contribution in [2.75, 3.05) is 24.2 Å². The summed E-state index contributed by atoms with van der Waals surface area (Å²) < 4.78 is 0.899. The molecule has 0 saturated carbocycles. The lowest BCUT2D eigenvalue weighted by Gasteiger charge is -2.25. The maximum Gasteiger partial charge on any atom is 0.224 e. The molecular weight excluding hydrogens is 304 g/mol. The molecule has 0 spiro atoms. The van der Waals surface area contributed by atoms with Crippen molar-refractivity contribution in [2.45, 2.75) is 46.5 Å². The van der Waals surface area contributed by atoms with Crippen LogP contribution in [0.15, 0.2) is 10.7 Å². The second kappa shape index (κ2) is 7.68. The zero-order valence-electron chi connectivity index (χ0n) is 12.4. The first-order valence-electron chi connectivity index (χ1n) is 6.92. The van der Waals surface area contributed by atoms with Gasteiger partial charge in [-0.15, -0.1) is 0 Å². The second-order valence-corrected chi connectivity index (χ2v) is 6.47. The fourth-order valence-corrected chi connectivity index (χ4v) is 2.21. The molecule has 0 radical (unpaired) electrons. The SMILES string of the molecule is CCCCCC(C)(C)CNc1nc(NC)ncc1Br. The van der Waals surface area contributed by atoms with Gasteiger partial charge < -0.3 is 10.6 Å². The number of hydrogen-bond acceptors (Lipinski definition) is 4. The Morgan fingerprint density at radius 3 is 2.68 bits per heavy atom. The summed E-state index contributed by atoms with van der Waals surface area (Å²) in [7, 11) is 1.82. The molecule has 0 aliphatic rings. The molecule has 0 aliphatic heterocycles. The average molecular weight is 329 g/mol. The molecule has 1 aromatic rings. The number of unbranched alkanes of at least 4 members (excludes halogenated alkanes) is 2. The van der Waals surface area contributed by atoms with E-state index in [0.29, 0.717) is 5.95 Å². The van der Waals surface area contributed by atoms with E-state index in [-0.39, 0.29) is 5.41 Å². The molecule has 0 aliphatic carbocycles. The van der Waals surface area contributed by atoms with E-state index < -0.39 is 0 Å². The second-order valence-electron chi connectivity index (χ2n) is 5.62. The van der Waals surface area contributed by atoms with Crippen LogP contribution in [0.3, 0.4) is 0 Å². The summed E-state index contributed by atoms with van der Waals surface area (Å²) in [6.45, 7) is 7.74. The molecule has 108 valence electrons. The molecule has 2 N–H and O–H groups in total. The van der Waals surface area contributed by atoms with E-state index in [1.54, 1.807) is 6.20 Å². The van der Waals surface area contributed by atoms with Crippen molar-refractivity contribution in [3.8, 4) is 0 Å². The van der Waals surface area contributed by atoms with Gasteiger partial charge in [0, 0.05) is 19.8 Å². The summed E-state index contributed by atoms with van der Waals surface area (Å²) >= 11 is 3.48. The molecule has 1 heterocycles. The van der Waals surface area contributed by atoms with E-state index in [2.05, 4.69) is 57.3 Å². The Balaban J connectivity index is 2.55. The van der Waals surface area contributed by atoms with E-state index in [1.165, 1.54) is 25.7 Å². The summed E-state index contributed by atoms with van der Waals surface area (Å²) in [5.41, 5.74) is 0.277. The van der Waals surface area contributed by atoms with Gasteiger partial charge in [0.25, 0.3) is 0 Å². The van der Waals surface area contributed by atoms with Crippen LogP contribution in [0.5, 0.6) is 0 Å². The van der Waals surface area contributed by atoms with Crippen LogP contribution in [0.25, 0.3) is 0 Å². The normalized spacial score (nSPS) is 11.4. The summed E-state index contributed by atoms with van der Waals surface area (Å²) in [5.74, 6) is 1.48. The standard InChI is InChI=1S/C14H25BrN4/c1-5-6-7-8-14(2,3)10-18-12-11(15)9-17-13(16-4)19-12/h9H,5-8,10H2,1-4H3,(H2,16,17,18,19). The zero-order chi connectivity index (χ0) is 14.3. The fourth-order valence-electron chi connectivity index (χ4n) is 1.88. The quantitative estimate of drug-likeness (QED) is 0.698. The van der Waals surface area contributed by atoms with Crippen LogP contribution >= 0.6 is 15.9 Å². The van der Waals surface area contributed by atoms with Gasteiger partial charge in [0.2, 0.25) is 5.95 Å². The van der Waals surface area contributed by atoms with E-state index >= 15 is 0 Å². The number of hydrogen-bond donors (Lipinski definition) is 2. The van der Waals surface area contributed by atoms with Crippen LogP contribution in [-0.2, 0) is 0 Å². The number of aromatic nitrogens is 2. The monoisotopic (exact) mass is 328 g/mol. The third kappa shape index (κ3) is 5.76. The lowest BCUT2D eigenvalue weighted by molar-refractivity contribution is 0.342. The largest absolute Gasteiger partial charge is 0.368 e. The first-order valence-corrected chi connectivity index (χ1v) is 7.72. The Morgan fingerprint density at radius 2 is 2.05 bits per heavy atom. The molecule has 5 heteroatoms. The van der Waals surface area contributed by atoms with Gasteiger partial charge in [-0.1, -0.05) is 40.0 Å². The van der Waals surface area contributed by atoms with Crippen molar-refractivity contribution in [3.05, 3.63) is 10.7 Å². The predicted octanol–water partition coefficient (Wildman–Crippen LogP) is 4.30. The van der Waals surface area contributed by atoms with E-state index in [1.807, 2.05) is 7.05 Å². The van der Waals surface area contributed by atoms with Crippen molar-refractivity contribution in [2.24, 2.45) is 5.41 Å². The van der Waals surface area contributed by atoms with Gasteiger partial charge in [-0.2, -0.15) is 4.98 Å². The smallest absolute Gasteiger partial charge is 0.224 e. The molecule has 0 unspecified atom stereocenters. The average Bonchev–Trinajstić information content (AvgIpc) is 2.38. The Morgan fingerprint density at radius 1 is 1.32 bits per heavy atom. The fraction of sp³-hybridized carbons (Fsp3) is 0.714. The molecule has 1 rings (SSSR count). The summed E-state index contributed by atoms with van der Waals surface area (Å²) in [5, 5.41) is 6.37. The van der Waals surface area contributed by atoms with Crippen LogP contribution in [0.4, 0.5) is 11.8 Å². The van der Waals surface area contributed by atoms with Crippen LogP contribution in [-0.4, -0.2) is 23.6 Å². The van der Waals surface area contributed by atoms with Gasteiger partial charge in [-0.25, -0.2) is 4.98 Å². The highest BCUT2D eigenvalue weighted by molar-refractivity contribution is 9.10. The Kier molecular flexibility index (Phi) is 6.55. The molecule has 0 fully saturated rings. The van der Waals surface area contributed by atoms with E-state index in [4.69, 9.17) is 0 Å². The molecule has 4 nitrogen and oxygen atoms in total. The van der Waals surface area contributed by atoms with Gasteiger partial charge in [-0.3, -0.25) is 0 Å². The Hall–Kier alpha value is -0.840. The topological polar surface area (TPSA) is 49.8 Å². The summed E-state index contributed by atoms with van der Waals surface area (Å²) in [4.78, 5) is 8.56. The number of nitrogens with zero attached hydrogens (tertiary/aromatic N) is 2. The molecule has 19 heavy (non-hydrogen) atoms. The van der Waals surface area contributed by atoms with Crippen molar-refractivity contribution in [1.29, 1.82) is 0 Å². The lowest BCUT2D eigenvalue weighted by Crippen LogP contribution is -2.23. The highest BCUT2D eigenvalue weighted by Gasteiger charge is 2.18. The van der Waals surface area contributed by atoms with E-state index in [9.17, 15) is 0 Å². The van der Waals surface area contributed by atoms with Gasteiger partial charge in [0.15, 0.2) is 0 Å². The first kappa shape index (κ1) is 16.2. The Labute approximate surface area is 124 Å².